The van der Waals surface area contributed by atoms with Gasteiger partial charge in [0, 0.05) is 23.2 Å². The second-order valence-electron chi connectivity index (χ2n) is 5.58. The molecule has 1 aliphatic heterocycles. The minimum Gasteiger partial charge on any atom is -0.508 e. The molecule has 17 heavy (non-hydrogen) atoms. The number of hydrogen-bond acceptors (Lipinski definition) is 3. The quantitative estimate of drug-likeness (QED) is 0.604. The summed E-state index contributed by atoms with van der Waals surface area (Å²) in [5, 5.41) is 23.9. The first-order chi connectivity index (χ1) is 8.05. The smallest absolute Gasteiger partial charge is 0.119 e. The van der Waals surface area contributed by atoms with Gasteiger partial charge in [0.1, 0.15) is 5.75 Å². The number of nitrogens with one attached hydrogen (secondary N) is 1. The van der Waals surface area contributed by atoms with Crippen LogP contribution in [0.4, 0.5) is 5.69 Å². The molecule has 1 atom stereocenters. The van der Waals surface area contributed by atoms with E-state index in [9.17, 15) is 10.2 Å². The van der Waals surface area contributed by atoms with E-state index in [2.05, 4.69) is 5.32 Å². The van der Waals surface area contributed by atoms with Crippen LogP contribution < -0.4 is 5.32 Å². The molecule has 2 aliphatic rings. The van der Waals surface area contributed by atoms with Gasteiger partial charge < -0.3 is 15.5 Å². The van der Waals surface area contributed by atoms with Crippen molar-refractivity contribution in [3.05, 3.63) is 22.8 Å². The normalized spacial score (nSPS) is 25.0. The summed E-state index contributed by atoms with van der Waals surface area (Å²) in [6.07, 6.45) is 2.92. The largest absolute Gasteiger partial charge is 0.508 e. The van der Waals surface area contributed by atoms with Gasteiger partial charge in [0.2, 0.25) is 0 Å². The predicted octanol–water partition coefficient (Wildman–Crippen LogP) is 2.64. The zero-order valence-corrected chi connectivity index (χ0v) is 10.4. The molecule has 92 valence electrons. The number of benzene rings is 1. The summed E-state index contributed by atoms with van der Waals surface area (Å²) in [6.45, 7) is 4.76. The Balaban J connectivity index is 2.12. The van der Waals surface area contributed by atoms with Crippen molar-refractivity contribution in [3.63, 3.8) is 0 Å². The van der Waals surface area contributed by atoms with Crippen LogP contribution in [-0.2, 0) is 0 Å². The summed E-state index contributed by atoms with van der Waals surface area (Å²) < 4.78 is 0. The van der Waals surface area contributed by atoms with Gasteiger partial charge in [0.05, 0.1) is 6.10 Å². The molecule has 1 saturated carbocycles. The summed E-state index contributed by atoms with van der Waals surface area (Å²) in [5.74, 6) is 0.290. The van der Waals surface area contributed by atoms with Gasteiger partial charge in [-0.15, -0.1) is 0 Å². The average Bonchev–Trinajstić information content (AvgIpc) is 2.26. The van der Waals surface area contributed by atoms with Crippen molar-refractivity contribution in [1.82, 2.24) is 0 Å². The van der Waals surface area contributed by atoms with Gasteiger partial charge in [-0.25, -0.2) is 0 Å². The Kier molecular flexibility index (Phi) is 2.17. The number of rotatable bonds is 0. The lowest BCUT2D eigenvalue weighted by Crippen LogP contribution is -2.45. The highest BCUT2D eigenvalue weighted by Crippen LogP contribution is 2.55. The lowest BCUT2D eigenvalue weighted by molar-refractivity contribution is -0.0306. The Morgan fingerprint density at radius 2 is 2.00 bits per heavy atom. The summed E-state index contributed by atoms with van der Waals surface area (Å²) in [4.78, 5) is 0. The van der Waals surface area contributed by atoms with Crippen molar-refractivity contribution in [2.24, 2.45) is 5.41 Å². The zero-order chi connectivity index (χ0) is 12.2. The Morgan fingerprint density at radius 3 is 2.59 bits per heavy atom. The minimum absolute atomic E-state index is 0.0150. The fourth-order valence-electron chi connectivity index (χ4n) is 3.15. The first-order valence-corrected chi connectivity index (χ1v) is 6.30. The highest BCUT2D eigenvalue weighted by Gasteiger charge is 2.47. The van der Waals surface area contributed by atoms with Gasteiger partial charge in [-0.05, 0) is 43.9 Å². The Bertz CT molecular complexity index is 478. The van der Waals surface area contributed by atoms with E-state index in [4.69, 9.17) is 0 Å². The fourth-order valence-corrected chi connectivity index (χ4v) is 3.15. The van der Waals surface area contributed by atoms with Crippen LogP contribution >= 0.6 is 0 Å². The van der Waals surface area contributed by atoms with Crippen molar-refractivity contribution in [1.29, 1.82) is 0 Å². The van der Waals surface area contributed by atoms with E-state index in [1.165, 1.54) is 6.42 Å². The minimum atomic E-state index is -0.433. The molecule has 1 aliphatic carbocycles. The van der Waals surface area contributed by atoms with E-state index in [0.717, 1.165) is 41.8 Å². The standard InChI is InChI=1S/C14H19NO2/c1-8-9(2)12-10(6-11(8)16)13(17)14(7-15-12)4-3-5-14/h6,13,15-17H,3-5,7H2,1-2H3. The summed E-state index contributed by atoms with van der Waals surface area (Å²) in [6, 6.07) is 1.73. The van der Waals surface area contributed by atoms with Gasteiger partial charge in [0.15, 0.2) is 0 Å². The number of fused-ring (bicyclic) bond motifs is 1. The van der Waals surface area contributed by atoms with Crippen LogP contribution in [0.25, 0.3) is 0 Å². The van der Waals surface area contributed by atoms with Crippen LogP contribution in [0.1, 0.15) is 42.1 Å². The zero-order valence-electron chi connectivity index (χ0n) is 10.4. The SMILES string of the molecule is Cc1c(O)cc2c(c1C)NCC1(CCC1)C2O. The summed E-state index contributed by atoms with van der Waals surface area (Å²) in [7, 11) is 0. The van der Waals surface area contributed by atoms with Gasteiger partial charge in [-0.1, -0.05) is 6.42 Å². The first kappa shape index (κ1) is 10.9. The molecule has 0 aromatic heterocycles. The van der Waals surface area contributed by atoms with E-state index in [0.29, 0.717) is 5.75 Å². The summed E-state index contributed by atoms with van der Waals surface area (Å²) in [5.41, 5.74) is 3.85. The molecule has 1 aromatic carbocycles. The van der Waals surface area contributed by atoms with Crippen LogP contribution in [0.15, 0.2) is 6.07 Å². The van der Waals surface area contributed by atoms with Crippen LogP contribution in [0, 0.1) is 19.3 Å². The molecule has 0 radical (unpaired) electrons. The maximum Gasteiger partial charge on any atom is 0.119 e. The summed E-state index contributed by atoms with van der Waals surface area (Å²) >= 11 is 0. The number of aliphatic hydroxyl groups excluding tert-OH is 1. The molecular formula is C14H19NO2. The molecular weight excluding hydrogens is 214 g/mol. The second-order valence-corrected chi connectivity index (χ2v) is 5.58. The number of phenolic OH excluding ortho intramolecular Hbond substituents is 1. The van der Waals surface area contributed by atoms with Gasteiger partial charge >= 0.3 is 0 Å². The van der Waals surface area contributed by atoms with Crippen molar-refractivity contribution in [2.45, 2.75) is 39.2 Å². The molecule has 3 rings (SSSR count). The third kappa shape index (κ3) is 1.32. The van der Waals surface area contributed by atoms with Crippen molar-refractivity contribution >= 4 is 5.69 Å². The van der Waals surface area contributed by atoms with Crippen LogP contribution in [-0.4, -0.2) is 16.8 Å². The van der Waals surface area contributed by atoms with Gasteiger partial charge in [-0.2, -0.15) is 0 Å². The van der Waals surface area contributed by atoms with Crippen LogP contribution in [0.5, 0.6) is 5.75 Å². The molecule has 3 heteroatoms. The van der Waals surface area contributed by atoms with E-state index in [1.807, 2.05) is 13.8 Å². The van der Waals surface area contributed by atoms with Gasteiger partial charge in [-0.3, -0.25) is 0 Å². The van der Waals surface area contributed by atoms with E-state index in [1.54, 1.807) is 6.07 Å². The van der Waals surface area contributed by atoms with E-state index >= 15 is 0 Å². The third-order valence-corrected chi connectivity index (χ3v) is 4.74. The molecule has 1 aromatic rings. The first-order valence-electron chi connectivity index (χ1n) is 6.30. The highest BCUT2D eigenvalue weighted by atomic mass is 16.3. The molecule has 0 bridgehead atoms. The second kappa shape index (κ2) is 3.39. The van der Waals surface area contributed by atoms with Crippen molar-refractivity contribution in [3.8, 4) is 5.75 Å². The predicted molar refractivity (Wildman–Crippen MR) is 67.3 cm³/mol. The lowest BCUT2D eigenvalue weighted by atomic mass is 9.61. The maximum atomic E-state index is 10.5. The Labute approximate surface area is 101 Å². The monoisotopic (exact) mass is 233 g/mol. The Hall–Kier alpha value is -1.22. The van der Waals surface area contributed by atoms with Crippen molar-refractivity contribution in [2.75, 3.05) is 11.9 Å². The number of hydrogen-bond donors (Lipinski definition) is 3. The number of aliphatic hydroxyl groups is 1. The highest BCUT2D eigenvalue weighted by molar-refractivity contribution is 5.66. The molecule has 0 amide bonds. The van der Waals surface area contributed by atoms with Crippen LogP contribution in [0.3, 0.4) is 0 Å². The molecule has 1 unspecified atom stereocenters. The third-order valence-electron chi connectivity index (χ3n) is 4.74. The van der Waals surface area contributed by atoms with Crippen LogP contribution in [0.2, 0.25) is 0 Å². The van der Waals surface area contributed by atoms with E-state index in [-0.39, 0.29) is 5.41 Å². The number of phenols is 1. The molecule has 1 spiro atoms. The maximum absolute atomic E-state index is 10.5. The van der Waals surface area contributed by atoms with Gasteiger partial charge in [0.25, 0.3) is 0 Å². The topological polar surface area (TPSA) is 52.5 Å². The molecule has 3 N–H and O–H groups in total. The average molecular weight is 233 g/mol. The Morgan fingerprint density at radius 1 is 1.29 bits per heavy atom. The molecule has 0 saturated heterocycles. The number of anilines is 1. The molecule has 1 fully saturated rings. The van der Waals surface area contributed by atoms with E-state index < -0.39 is 6.10 Å². The fraction of sp³-hybridized carbons (Fsp3) is 0.571. The molecule has 3 nitrogen and oxygen atoms in total. The lowest BCUT2D eigenvalue weighted by Gasteiger charge is -2.49. The van der Waals surface area contributed by atoms with Crippen molar-refractivity contribution < 1.29 is 10.2 Å². The number of aromatic hydroxyl groups is 1. The molecule has 1 heterocycles.